The monoisotopic (exact) mass is 204 g/mol. The molecule has 4 heteroatoms. The van der Waals surface area contributed by atoms with Gasteiger partial charge >= 0.3 is 5.97 Å². The van der Waals surface area contributed by atoms with Crippen LogP contribution in [-0.4, -0.2) is 24.6 Å². The van der Waals surface area contributed by atoms with Gasteiger partial charge in [-0.15, -0.1) is 0 Å². The topological polar surface area (TPSA) is 60.4 Å². The number of hydrogen-bond donors (Lipinski definition) is 0. The van der Waals surface area contributed by atoms with Crippen molar-refractivity contribution in [2.45, 2.75) is 0 Å². The molecule has 15 heavy (non-hydrogen) atoms. The summed E-state index contributed by atoms with van der Waals surface area (Å²) in [5.41, 5.74) is 0.607. The minimum Gasteiger partial charge on any atom is -0.468 e. The zero-order valence-electron chi connectivity index (χ0n) is 8.02. The Balaban J connectivity index is 2.50. The molecule has 0 radical (unpaired) electrons. The predicted molar refractivity (Wildman–Crippen MR) is 50.6 cm³/mol. The van der Waals surface area contributed by atoms with Crippen molar-refractivity contribution < 1.29 is 19.1 Å². The predicted octanol–water partition coefficient (Wildman–Crippen LogP) is 0.855. The quantitative estimate of drug-likeness (QED) is 0.502. The first-order chi connectivity index (χ1) is 7.16. The van der Waals surface area contributed by atoms with E-state index in [9.17, 15) is 14.4 Å². The number of ether oxygens (including phenoxy) is 1. The van der Waals surface area contributed by atoms with Crippen LogP contribution >= 0.6 is 0 Å². The van der Waals surface area contributed by atoms with E-state index in [1.54, 1.807) is 24.3 Å². The molecule has 0 aliphatic heterocycles. The summed E-state index contributed by atoms with van der Waals surface area (Å²) in [6.45, 7) is 0. The van der Waals surface area contributed by atoms with Crippen molar-refractivity contribution in [3.05, 3.63) is 35.4 Å². The van der Waals surface area contributed by atoms with Crippen LogP contribution in [0, 0.1) is 5.92 Å². The van der Waals surface area contributed by atoms with Crippen molar-refractivity contribution in [3.63, 3.8) is 0 Å². The van der Waals surface area contributed by atoms with Crippen LogP contribution in [0.4, 0.5) is 0 Å². The van der Waals surface area contributed by atoms with E-state index in [1.807, 2.05) is 0 Å². The summed E-state index contributed by atoms with van der Waals surface area (Å²) in [5.74, 6) is -3.03. The molecular weight excluding hydrogens is 196 g/mol. The van der Waals surface area contributed by atoms with Crippen LogP contribution in [0.5, 0.6) is 0 Å². The van der Waals surface area contributed by atoms with Gasteiger partial charge in [0.15, 0.2) is 17.5 Å². The van der Waals surface area contributed by atoms with Crippen LogP contribution < -0.4 is 0 Å². The highest BCUT2D eigenvalue weighted by molar-refractivity contribution is 6.34. The van der Waals surface area contributed by atoms with Crippen molar-refractivity contribution in [2.24, 2.45) is 5.92 Å². The zero-order chi connectivity index (χ0) is 11.0. The third kappa shape index (κ3) is 1.26. The zero-order valence-corrected chi connectivity index (χ0v) is 8.02. The van der Waals surface area contributed by atoms with Crippen LogP contribution in [0.25, 0.3) is 0 Å². The largest absolute Gasteiger partial charge is 0.468 e. The van der Waals surface area contributed by atoms with Crippen molar-refractivity contribution in [1.82, 2.24) is 0 Å². The number of carbonyl (C=O) groups is 3. The van der Waals surface area contributed by atoms with Crippen molar-refractivity contribution >= 4 is 17.5 Å². The van der Waals surface area contributed by atoms with Crippen molar-refractivity contribution in [2.75, 3.05) is 7.11 Å². The van der Waals surface area contributed by atoms with Gasteiger partial charge in [-0.1, -0.05) is 24.3 Å². The maximum atomic E-state index is 11.7. The van der Waals surface area contributed by atoms with Crippen molar-refractivity contribution in [3.8, 4) is 0 Å². The summed E-state index contributed by atoms with van der Waals surface area (Å²) in [5, 5.41) is 0. The molecule has 0 saturated carbocycles. The summed E-state index contributed by atoms with van der Waals surface area (Å²) in [6.07, 6.45) is 0. The lowest BCUT2D eigenvalue weighted by molar-refractivity contribution is -0.142. The average Bonchev–Trinajstić information content (AvgIpc) is 2.52. The summed E-state index contributed by atoms with van der Waals surface area (Å²) < 4.78 is 4.43. The molecule has 0 N–H and O–H groups in total. The Morgan fingerprint density at radius 2 is 1.60 bits per heavy atom. The second kappa shape index (κ2) is 3.31. The minimum absolute atomic E-state index is 0.304. The van der Waals surface area contributed by atoms with Gasteiger partial charge < -0.3 is 4.74 Å². The van der Waals surface area contributed by atoms with Gasteiger partial charge in [-0.25, -0.2) is 0 Å². The smallest absolute Gasteiger partial charge is 0.324 e. The molecule has 0 atom stereocenters. The molecule has 1 aliphatic rings. The molecule has 0 saturated heterocycles. The first-order valence-electron chi connectivity index (χ1n) is 4.42. The lowest BCUT2D eigenvalue weighted by Crippen LogP contribution is -2.26. The first-order valence-corrected chi connectivity index (χ1v) is 4.42. The van der Waals surface area contributed by atoms with Gasteiger partial charge in [0, 0.05) is 11.1 Å². The van der Waals surface area contributed by atoms with Gasteiger partial charge in [0.25, 0.3) is 0 Å². The lowest BCUT2D eigenvalue weighted by atomic mass is 10.1. The summed E-state index contributed by atoms with van der Waals surface area (Å²) in [4.78, 5) is 34.6. The fraction of sp³-hybridized carbons (Fsp3) is 0.182. The normalized spacial score (nSPS) is 15.3. The van der Waals surface area contributed by atoms with E-state index in [0.29, 0.717) is 11.1 Å². The Labute approximate surface area is 85.8 Å². The second-order valence-electron chi connectivity index (χ2n) is 3.23. The highest BCUT2D eigenvalue weighted by Gasteiger charge is 2.43. The number of rotatable bonds is 1. The molecule has 1 aromatic rings. The van der Waals surface area contributed by atoms with Gasteiger partial charge in [-0.2, -0.15) is 0 Å². The Morgan fingerprint density at radius 1 is 1.13 bits per heavy atom. The number of methoxy groups -OCH3 is 1. The fourth-order valence-corrected chi connectivity index (χ4v) is 1.67. The third-order valence-corrected chi connectivity index (χ3v) is 2.42. The van der Waals surface area contributed by atoms with E-state index in [-0.39, 0.29) is 0 Å². The number of fused-ring (bicyclic) bond motifs is 1. The number of Topliss-reactive ketones (excluding diaryl/α,β-unsaturated/α-hetero) is 2. The molecule has 1 aliphatic carbocycles. The minimum atomic E-state index is -1.30. The number of carbonyl (C=O) groups excluding carboxylic acids is 3. The highest BCUT2D eigenvalue weighted by atomic mass is 16.5. The molecular formula is C11H8O4. The fourth-order valence-electron chi connectivity index (χ4n) is 1.67. The molecule has 2 rings (SSSR count). The molecule has 0 unspecified atom stereocenters. The van der Waals surface area contributed by atoms with E-state index >= 15 is 0 Å². The van der Waals surface area contributed by atoms with Crippen LogP contribution in [0.1, 0.15) is 20.7 Å². The molecule has 4 nitrogen and oxygen atoms in total. The molecule has 0 heterocycles. The van der Waals surface area contributed by atoms with E-state index in [0.717, 1.165) is 7.11 Å². The average molecular weight is 204 g/mol. The Bertz CT molecular complexity index is 426. The van der Waals surface area contributed by atoms with Gasteiger partial charge in [-0.3, -0.25) is 14.4 Å². The number of esters is 1. The SMILES string of the molecule is COC(=O)C1C(=O)c2ccccc2C1=O. The number of benzene rings is 1. The van der Waals surface area contributed by atoms with Gasteiger partial charge in [0.05, 0.1) is 7.11 Å². The Morgan fingerprint density at radius 3 is 2.00 bits per heavy atom. The van der Waals surface area contributed by atoms with Crippen molar-refractivity contribution in [1.29, 1.82) is 0 Å². The molecule has 0 aromatic heterocycles. The summed E-state index contributed by atoms with van der Waals surface area (Å²) in [7, 11) is 1.16. The molecule has 76 valence electrons. The maximum absolute atomic E-state index is 11.7. The molecule has 0 fully saturated rings. The van der Waals surface area contributed by atoms with E-state index in [4.69, 9.17) is 0 Å². The number of hydrogen-bond acceptors (Lipinski definition) is 4. The maximum Gasteiger partial charge on any atom is 0.324 e. The summed E-state index contributed by atoms with van der Waals surface area (Å²) in [6, 6.07) is 6.39. The standard InChI is InChI=1S/C11H8O4/c1-15-11(14)8-9(12)6-4-2-3-5-7(6)10(8)13/h2-5,8H,1H3. The van der Waals surface area contributed by atoms with Crippen LogP contribution in [0.3, 0.4) is 0 Å². The van der Waals surface area contributed by atoms with Gasteiger partial charge in [-0.05, 0) is 0 Å². The Kier molecular flexibility index (Phi) is 2.11. The third-order valence-electron chi connectivity index (χ3n) is 2.42. The molecule has 0 amide bonds. The molecule has 0 spiro atoms. The Hall–Kier alpha value is -1.97. The summed E-state index contributed by atoms with van der Waals surface area (Å²) >= 11 is 0. The first kappa shape index (κ1) is 9.58. The molecule has 0 bridgehead atoms. The highest BCUT2D eigenvalue weighted by Crippen LogP contribution is 2.27. The van der Waals surface area contributed by atoms with Crippen LogP contribution in [-0.2, 0) is 9.53 Å². The van der Waals surface area contributed by atoms with Crippen LogP contribution in [0.15, 0.2) is 24.3 Å². The number of ketones is 2. The van der Waals surface area contributed by atoms with Crippen LogP contribution in [0.2, 0.25) is 0 Å². The van der Waals surface area contributed by atoms with E-state index in [1.165, 1.54) is 0 Å². The van der Waals surface area contributed by atoms with E-state index in [2.05, 4.69) is 4.74 Å². The second-order valence-corrected chi connectivity index (χ2v) is 3.23. The van der Waals surface area contributed by atoms with Gasteiger partial charge in [0.1, 0.15) is 0 Å². The molecule has 1 aromatic carbocycles. The van der Waals surface area contributed by atoms with E-state index < -0.39 is 23.5 Å². The lowest BCUT2D eigenvalue weighted by Gasteiger charge is -2.02. The van der Waals surface area contributed by atoms with Gasteiger partial charge in [0.2, 0.25) is 0 Å².